The number of hydrogen-bond acceptors (Lipinski definition) is 7. The van der Waals surface area contributed by atoms with Crippen LogP contribution in [0, 0.1) is 12.7 Å². The van der Waals surface area contributed by atoms with E-state index < -0.39 is 41.4 Å². The number of amides is 1. The normalized spacial score (nSPS) is 12.5. The number of pyridine rings is 1. The van der Waals surface area contributed by atoms with Crippen molar-refractivity contribution in [3.8, 4) is 16.9 Å². The molecule has 0 saturated carbocycles. The lowest BCUT2D eigenvalue weighted by Crippen LogP contribution is -2.32. The molecule has 3 heterocycles. The van der Waals surface area contributed by atoms with Gasteiger partial charge in [0.05, 0.1) is 35.4 Å². The number of aromatic nitrogens is 6. The highest BCUT2D eigenvalue weighted by atomic mass is 19.3. The number of benzene rings is 1. The number of halogens is 3. The topological polar surface area (TPSA) is 128 Å². The van der Waals surface area contributed by atoms with Gasteiger partial charge in [0.1, 0.15) is 18.1 Å². The number of carbonyl (C=O) groups is 1. The first kappa shape index (κ1) is 27.6. The minimum absolute atomic E-state index is 0.0173. The van der Waals surface area contributed by atoms with Gasteiger partial charge in [0.25, 0.3) is 17.4 Å². The zero-order valence-corrected chi connectivity index (χ0v) is 21.6. The highest BCUT2D eigenvalue weighted by Crippen LogP contribution is 2.32. The Morgan fingerprint density at radius 1 is 1.15 bits per heavy atom. The summed E-state index contributed by atoms with van der Waals surface area (Å²) in [6.45, 7) is 5.24. The number of hydrogen-bond donors (Lipinski definition) is 2. The number of rotatable bonds is 8. The van der Waals surface area contributed by atoms with E-state index in [0.29, 0.717) is 11.3 Å². The van der Waals surface area contributed by atoms with Crippen molar-refractivity contribution in [1.29, 1.82) is 0 Å². The average molecular weight is 542 g/mol. The van der Waals surface area contributed by atoms with Crippen molar-refractivity contribution >= 4 is 5.91 Å². The van der Waals surface area contributed by atoms with Crippen LogP contribution >= 0.6 is 0 Å². The van der Waals surface area contributed by atoms with Crippen molar-refractivity contribution < 1.29 is 23.1 Å². The highest BCUT2D eigenvalue weighted by molar-refractivity contribution is 5.92. The molecule has 13 heteroatoms. The van der Waals surface area contributed by atoms with Gasteiger partial charge in [-0.15, -0.1) is 5.10 Å². The first-order chi connectivity index (χ1) is 18.4. The quantitative estimate of drug-likeness (QED) is 0.350. The number of aliphatic hydroxyl groups is 1. The van der Waals surface area contributed by atoms with E-state index in [2.05, 4.69) is 25.7 Å². The first-order valence-corrected chi connectivity index (χ1v) is 12.0. The number of nitrogens with zero attached hydrogens (tertiary/aromatic N) is 6. The van der Waals surface area contributed by atoms with Crippen LogP contribution in [-0.2, 0) is 5.92 Å². The van der Waals surface area contributed by atoms with Gasteiger partial charge in [-0.05, 0) is 45.9 Å². The van der Waals surface area contributed by atoms with Crippen molar-refractivity contribution in [2.45, 2.75) is 45.7 Å². The molecule has 39 heavy (non-hydrogen) atoms. The standard InChI is InChI=1S/C26H26F3N7O3/c1-14(2)35-22(12-31-34-35)17-9-18(11-30-10-17)36-25(39)15(3)8-21(33-36)24(38)32-16(4)19-6-5-7-20(23(19)27)26(28,29)13-37/h5-12,14,16,37H,13H2,1-4H3,(H,32,38)/t16-/m1/s1. The minimum Gasteiger partial charge on any atom is -0.390 e. The van der Waals surface area contributed by atoms with Crippen LogP contribution < -0.4 is 10.9 Å². The summed E-state index contributed by atoms with van der Waals surface area (Å²) in [5.74, 6) is -5.79. The zero-order valence-electron chi connectivity index (χ0n) is 21.6. The molecule has 0 saturated heterocycles. The Kier molecular flexibility index (Phi) is 7.63. The number of aryl methyl sites for hydroxylation is 1. The molecule has 1 amide bonds. The largest absolute Gasteiger partial charge is 0.390 e. The third-order valence-corrected chi connectivity index (χ3v) is 6.09. The number of carbonyl (C=O) groups excluding carboxylic acids is 1. The molecule has 4 aromatic rings. The SMILES string of the molecule is Cc1cc(C(=O)N[C@H](C)c2cccc(C(F)(F)CO)c2F)nn(-c2cncc(-c3cnnn3C(C)C)c2)c1=O. The van der Waals surface area contributed by atoms with E-state index in [-0.39, 0.29) is 28.6 Å². The van der Waals surface area contributed by atoms with E-state index in [9.17, 15) is 22.8 Å². The molecule has 2 N–H and O–H groups in total. The van der Waals surface area contributed by atoms with Crippen molar-refractivity contribution in [3.63, 3.8) is 0 Å². The van der Waals surface area contributed by atoms with Crippen molar-refractivity contribution in [2.24, 2.45) is 0 Å². The fourth-order valence-corrected chi connectivity index (χ4v) is 4.02. The summed E-state index contributed by atoms with van der Waals surface area (Å²) in [5.41, 5.74) is -0.0464. The summed E-state index contributed by atoms with van der Waals surface area (Å²) < 4.78 is 45.5. The van der Waals surface area contributed by atoms with Gasteiger partial charge in [0, 0.05) is 28.9 Å². The maximum absolute atomic E-state index is 14.9. The fourth-order valence-electron chi connectivity index (χ4n) is 4.02. The molecule has 0 fully saturated rings. The Bertz CT molecular complexity index is 1580. The molecule has 3 aromatic heterocycles. The van der Waals surface area contributed by atoms with E-state index in [1.807, 2.05) is 13.8 Å². The van der Waals surface area contributed by atoms with Crippen molar-refractivity contribution in [3.05, 3.63) is 87.5 Å². The van der Waals surface area contributed by atoms with Crippen LogP contribution in [0.25, 0.3) is 16.9 Å². The Labute approximate surface area is 221 Å². The van der Waals surface area contributed by atoms with Gasteiger partial charge in [-0.1, -0.05) is 17.3 Å². The molecule has 1 aromatic carbocycles. The number of aliphatic hydroxyl groups excluding tert-OH is 1. The molecule has 4 rings (SSSR count). The summed E-state index contributed by atoms with van der Waals surface area (Å²) in [4.78, 5) is 30.2. The molecule has 1 atom stereocenters. The van der Waals surface area contributed by atoms with Crippen LogP contribution in [0.3, 0.4) is 0 Å². The maximum atomic E-state index is 14.9. The van der Waals surface area contributed by atoms with Crippen LogP contribution in [-0.4, -0.2) is 47.4 Å². The lowest BCUT2D eigenvalue weighted by Gasteiger charge is -2.20. The smallest absolute Gasteiger partial charge is 0.298 e. The minimum atomic E-state index is -3.79. The average Bonchev–Trinajstić information content (AvgIpc) is 3.41. The summed E-state index contributed by atoms with van der Waals surface area (Å²) in [6.07, 6.45) is 4.56. The monoisotopic (exact) mass is 541 g/mol. The van der Waals surface area contributed by atoms with Crippen LogP contribution in [0.5, 0.6) is 0 Å². The molecule has 0 bridgehead atoms. The Balaban J connectivity index is 1.66. The number of alkyl halides is 2. The van der Waals surface area contributed by atoms with E-state index in [1.54, 1.807) is 23.1 Å². The predicted octanol–water partition coefficient (Wildman–Crippen LogP) is 3.49. The van der Waals surface area contributed by atoms with E-state index in [1.165, 1.54) is 38.2 Å². The van der Waals surface area contributed by atoms with Crippen LogP contribution in [0.15, 0.2) is 53.7 Å². The van der Waals surface area contributed by atoms with Crippen molar-refractivity contribution in [2.75, 3.05) is 6.61 Å². The molecule has 0 aliphatic carbocycles. The molecular weight excluding hydrogens is 515 g/mol. The van der Waals surface area contributed by atoms with Gasteiger partial charge in [-0.2, -0.15) is 18.6 Å². The van der Waals surface area contributed by atoms with Gasteiger partial charge in [0.15, 0.2) is 0 Å². The van der Waals surface area contributed by atoms with E-state index >= 15 is 0 Å². The Morgan fingerprint density at radius 2 is 1.90 bits per heavy atom. The first-order valence-electron chi connectivity index (χ1n) is 12.0. The second-order valence-electron chi connectivity index (χ2n) is 9.29. The molecule has 0 radical (unpaired) electrons. The van der Waals surface area contributed by atoms with Gasteiger partial charge in [0.2, 0.25) is 0 Å². The van der Waals surface area contributed by atoms with Gasteiger partial charge < -0.3 is 10.4 Å². The van der Waals surface area contributed by atoms with E-state index in [4.69, 9.17) is 5.11 Å². The van der Waals surface area contributed by atoms with E-state index in [0.717, 1.165) is 10.7 Å². The van der Waals surface area contributed by atoms with Crippen LogP contribution in [0.2, 0.25) is 0 Å². The summed E-state index contributed by atoms with van der Waals surface area (Å²) >= 11 is 0. The summed E-state index contributed by atoms with van der Waals surface area (Å²) in [6, 6.07) is 5.25. The Morgan fingerprint density at radius 3 is 2.59 bits per heavy atom. The summed E-state index contributed by atoms with van der Waals surface area (Å²) in [5, 5.41) is 23.7. The van der Waals surface area contributed by atoms with Crippen LogP contribution in [0.4, 0.5) is 13.2 Å². The lowest BCUT2D eigenvalue weighted by molar-refractivity contribution is -0.0584. The van der Waals surface area contributed by atoms with Gasteiger partial charge in [-0.25, -0.2) is 9.07 Å². The highest BCUT2D eigenvalue weighted by Gasteiger charge is 2.35. The van der Waals surface area contributed by atoms with Gasteiger partial charge >= 0.3 is 0 Å². The molecular formula is C26H26F3N7O3. The zero-order chi connectivity index (χ0) is 28.5. The molecule has 0 aliphatic rings. The summed E-state index contributed by atoms with van der Waals surface area (Å²) in [7, 11) is 0. The maximum Gasteiger partial charge on any atom is 0.298 e. The van der Waals surface area contributed by atoms with Gasteiger partial charge in [-0.3, -0.25) is 14.6 Å². The number of nitrogens with one attached hydrogen (secondary N) is 1. The lowest BCUT2D eigenvalue weighted by atomic mass is 10.00. The fraction of sp³-hybridized carbons (Fsp3) is 0.308. The second kappa shape index (κ2) is 10.8. The predicted molar refractivity (Wildman–Crippen MR) is 135 cm³/mol. The Hall–Kier alpha value is -4.39. The van der Waals surface area contributed by atoms with Crippen LogP contribution in [0.1, 0.15) is 60.0 Å². The second-order valence-corrected chi connectivity index (χ2v) is 9.29. The van der Waals surface area contributed by atoms with Crippen molar-refractivity contribution in [1.82, 2.24) is 35.1 Å². The molecule has 0 unspecified atom stereocenters. The molecule has 0 spiro atoms. The third-order valence-electron chi connectivity index (χ3n) is 6.09. The molecule has 0 aliphatic heterocycles. The molecule has 204 valence electrons. The third kappa shape index (κ3) is 5.43. The molecule has 10 nitrogen and oxygen atoms in total.